The van der Waals surface area contributed by atoms with Crippen LogP contribution in [0, 0.1) is 5.92 Å². The fourth-order valence-corrected chi connectivity index (χ4v) is 1.47. The van der Waals surface area contributed by atoms with Crippen molar-refractivity contribution in [1.82, 2.24) is 0 Å². The first kappa shape index (κ1) is 9.62. The zero-order valence-electron chi connectivity index (χ0n) is 6.90. The van der Waals surface area contributed by atoms with Crippen molar-refractivity contribution in [3.8, 4) is 0 Å². The number of halogens is 3. The fourth-order valence-electron chi connectivity index (χ4n) is 1.47. The molecule has 0 saturated heterocycles. The van der Waals surface area contributed by atoms with Crippen molar-refractivity contribution in [3.05, 3.63) is 12.2 Å². The van der Waals surface area contributed by atoms with Crippen molar-refractivity contribution in [1.29, 1.82) is 0 Å². The van der Waals surface area contributed by atoms with Gasteiger partial charge in [0.2, 0.25) is 0 Å². The molecule has 0 radical (unpaired) electrons. The Hall–Kier alpha value is -0.470. The van der Waals surface area contributed by atoms with Crippen molar-refractivity contribution in [2.75, 3.05) is 0 Å². The van der Waals surface area contributed by atoms with Gasteiger partial charge in [-0.25, -0.2) is 0 Å². The van der Waals surface area contributed by atoms with E-state index in [4.69, 9.17) is 0 Å². The molecule has 1 aliphatic carbocycles. The Labute approximate surface area is 70.5 Å². The van der Waals surface area contributed by atoms with Gasteiger partial charge < -0.3 is 0 Å². The van der Waals surface area contributed by atoms with Gasteiger partial charge in [-0.2, -0.15) is 13.2 Å². The monoisotopic (exact) mass is 178 g/mol. The standard InChI is InChI=1S/C9H13F3/c10-9(11,12)7-6-8-4-2-1-3-5-8/h2,4,8H,1,3,5-7H2. The third-order valence-corrected chi connectivity index (χ3v) is 2.15. The first-order valence-corrected chi connectivity index (χ1v) is 4.31. The summed E-state index contributed by atoms with van der Waals surface area (Å²) >= 11 is 0. The maximum absolute atomic E-state index is 11.8. The van der Waals surface area contributed by atoms with E-state index in [1.54, 1.807) is 0 Å². The number of alkyl halides is 3. The number of hydrogen-bond donors (Lipinski definition) is 0. The minimum atomic E-state index is -3.98. The van der Waals surface area contributed by atoms with Crippen LogP contribution in [0.1, 0.15) is 32.1 Å². The molecule has 0 aromatic heterocycles. The molecular formula is C9H13F3. The minimum absolute atomic E-state index is 0.167. The Kier molecular flexibility index (Phi) is 3.18. The van der Waals surface area contributed by atoms with Crippen molar-refractivity contribution in [3.63, 3.8) is 0 Å². The average molecular weight is 178 g/mol. The van der Waals surface area contributed by atoms with Crippen LogP contribution in [-0.4, -0.2) is 6.18 Å². The highest BCUT2D eigenvalue weighted by molar-refractivity contribution is 4.92. The summed E-state index contributed by atoms with van der Waals surface area (Å²) in [5.41, 5.74) is 0. The van der Waals surface area contributed by atoms with Gasteiger partial charge in [0.05, 0.1) is 0 Å². The van der Waals surface area contributed by atoms with E-state index in [9.17, 15) is 13.2 Å². The molecule has 1 atom stereocenters. The van der Waals surface area contributed by atoms with E-state index < -0.39 is 12.6 Å². The lowest BCUT2D eigenvalue weighted by Crippen LogP contribution is -2.11. The summed E-state index contributed by atoms with van der Waals surface area (Å²) < 4.78 is 35.4. The second kappa shape index (κ2) is 3.97. The van der Waals surface area contributed by atoms with Gasteiger partial charge in [-0.15, -0.1) is 0 Å². The molecule has 70 valence electrons. The molecule has 3 heteroatoms. The Bertz CT molecular complexity index is 158. The van der Waals surface area contributed by atoms with Crippen LogP contribution in [0.5, 0.6) is 0 Å². The summed E-state index contributed by atoms with van der Waals surface area (Å²) in [6.45, 7) is 0. The molecular weight excluding hydrogens is 165 g/mol. The normalized spacial score (nSPS) is 24.4. The molecule has 0 spiro atoms. The molecule has 0 aromatic carbocycles. The Morgan fingerprint density at radius 1 is 1.33 bits per heavy atom. The van der Waals surface area contributed by atoms with Gasteiger partial charge in [0.25, 0.3) is 0 Å². The Balaban J connectivity index is 2.22. The quantitative estimate of drug-likeness (QED) is 0.566. The lowest BCUT2D eigenvalue weighted by molar-refractivity contribution is -0.137. The van der Waals surface area contributed by atoms with Crippen LogP contribution in [0.15, 0.2) is 12.2 Å². The predicted octanol–water partition coefficient (Wildman–Crippen LogP) is 3.69. The molecule has 0 heterocycles. The smallest absolute Gasteiger partial charge is 0.171 e. The fraction of sp³-hybridized carbons (Fsp3) is 0.778. The molecule has 0 saturated carbocycles. The molecule has 0 nitrogen and oxygen atoms in total. The average Bonchev–Trinajstić information content (AvgIpc) is 2.02. The van der Waals surface area contributed by atoms with E-state index in [0.29, 0.717) is 0 Å². The summed E-state index contributed by atoms with van der Waals surface area (Å²) in [5.74, 6) is 0.167. The van der Waals surface area contributed by atoms with E-state index in [0.717, 1.165) is 19.3 Å². The van der Waals surface area contributed by atoms with E-state index in [1.807, 2.05) is 12.2 Å². The van der Waals surface area contributed by atoms with Crippen molar-refractivity contribution < 1.29 is 13.2 Å². The van der Waals surface area contributed by atoms with Crippen molar-refractivity contribution in [2.45, 2.75) is 38.3 Å². The van der Waals surface area contributed by atoms with Crippen LogP contribution in [0.2, 0.25) is 0 Å². The summed E-state index contributed by atoms with van der Waals surface area (Å²) in [5, 5.41) is 0. The van der Waals surface area contributed by atoms with Crippen LogP contribution in [0.3, 0.4) is 0 Å². The lowest BCUT2D eigenvalue weighted by atomic mass is 9.92. The molecule has 0 aromatic rings. The van der Waals surface area contributed by atoms with Crippen molar-refractivity contribution >= 4 is 0 Å². The first-order valence-electron chi connectivity index (χ1n) is 4.31. The summed E-state index contributed by atoms with van der Waals surface area (Å²) in [6.07, 6.45) is 2.56. The highest BCUT2D eigenvalue weighted by atomic mass is 19.4. The topological polar surface area (TPSA) is 0 Å². The molecule has 0 amide bonds. The van der Waals surface area contributed by atoms with E-state index in [-0.39, 0.29) is 12.3 Å². The lowest BCUT2D eigenvalue weighted by Gasteiger charge is -2.16. The van der Waals surface area contributed by atoms with Crippen LogP contribution < -0.4 is 0 Å². The first-order chi connectivity index (χ1) is 5.58. The number of allylic oxidation sites excluding steroid dienone is 2. The molecule has 0 aliphatic heterocycles. The Morgan fingerprint density at radius 3 is 2.58 bits per heavy atom. The van der Waals surface area contributed by atoms with Gasteiger partial charge in [-0.1, -0.05) is 12.2 Å². The molecule has 0 N–H and O–H groups in total. The molecule has 12 heavy (non-hydrogen) atoms. The third-order valence-electron chi connectivity index (χ3n) is 2.15. The molecule has 0 fully saturated rings. The second-order valence-electron chi connectivity index (χ2n) is 3.27. The molecule has 0 bridgehead atoms. The van der Waals surface area contributed by atoms with Gasteiger partial charge in [-0.05, 0) is 31.6 Å². The Morgan fingerprint density at radius 2 is 2.08 bits per heavy atom. The SMILES string of the molecule is FC(F)(F)CCC1C=CCCC1. The van der Waals surface area contributed by atoms with Crippen LogP contribution in [0.4, 0.5) is 13.2 Å². The van der Waals surface area contributed by atoms with Crippen LogP contribution in [0.25, 0.3) is 0 Å². The summed E-state index contributed by atoms with van der Waals surface area (Å²) in [7, 11) is 0. The van der Waals surface area contributed by atoms with Crippen LogP contribution >= 0.6 is 0 Å². The highest BCUT2D eigenvalue weighted by Gasteiger charge is 2.27. The van der Waals surface area contributed by atoms with Crippen LogP contribution in [-0.2, 0) is 0 Å². The minimum Gasteiger partial charge on any atom is -0.171 e. The molecule has 1 aliphatic rings. The largest absolute Gasteiger partial charge is 0.389 e. The van der Waals surface area contributed by atoms with Gasteiger partial charge in [-0.3, -0.25) is 0 Å². The third kappa shape index (κ3) is 3.79. The van der Waals surface area contributed by atoms with Gasteiger partial charge in [0.1, 0.15) is 0 Å². The van der Waals surface area contributed by atoms with E-state index in [2.05, 4.69) is 0 Å². The second-order valence-corrected chi connectivity index (χ2v) is 3.27. The maximum Gasteiger partial charge on any atom is 0.389 e. The summed E-state index contributed by atoms with van der Waals surface area (Å²) in [6, 6.07) is 0. The van der Waals surface area contributed by atoms with E-state index in [1.165, 1.54) is 0 Å². The molecule has 1 rings (SSSR count). The van der Waals surface area contributed by atoms with Gasteiger partial charge in [0, 0.05) is 6.42 Å². The predicted molar refractivity (Wildman–Crippen MR) is 41.8 cm³/mol. The number of hydrogen-bond acceptors (Lipinski definition) is 0. The molecule has 1 unspecified atom stereocenters. The summed E-state index contributed by atoms with van der Waals surface area (Å²) in [4.78, 5) is 0. The van der Waals surface area contributed by atoms with Gasteiger partial charge >= 0.3 is 6.18 Å². The maximum atomic E-state index is 11.8. The van der Waals surface area contributed by atoms with Crippen molar-refractivity contribution in [2.24, 2.45) is 5.92 Å². The zero-order chi connectivity index (χ0) is 9.03. The zero-order valence-corrected chi connectivity index (χ0v) is 6.90. The van der Waals surface area contributed by atoms with Gasteiger partial charge in [0.15, 0.2) is 0 Å². The number of rotatable bonds is 2. The van der Waals surface area contributed by atoms with E-state index >= 15 is 0 Å². The highest BCUT2D eigenvalue weighted by Crippen LogP contribution is 2.28.